The van der Waals surface area contributed by atoms with Crippen LogP contribution in [0.25, 0.3) is 11.1 Å². The first-order valence-corrected chi connectivity index (χ1v) is 11.9. The molecule has 168 valence electrons. The van der Waals surface area contributed by atoms with Crippen molar-refractivity contribution in [1.82, 2.24) is 4.90 Å². The number of thiocarbonyl (C=S) groups is 1. The van der Waals surface area contributed by atoms with Gasteiger partial charge in [-0.15, -0.1) is 0 Å². The van der Waals surface area contributed by atoms with E-state index in [1.54, 1.807) is 7.11 Å². The Kier molecular flexibility index (Phi) is 7.69. The van der Waals surface area contributed by atoms with Gasteiger partial charge in [-0.2, -0.15) is 0 Å². The Morgan fingerprint density at radius 2 is 1.36 bits per heavy atom. The second-order valence-corrected chi connectivity index (χ2v) is 8.73. The summed E-state index contributed by atoms with van der Waals surface area (Å²) in [5, 5.41) is 0. The molecule has 4 rings (SSSR count). The molecule has 0 N–H and O–H groups in total. The van der Waals surface area contributed by atoms with E-state index < -0.39 is 0 Å². The summed E-state index contributed by atoms with van der Waals surface area (Å²) in [4.78, 5) is 17.2. The molecule has 0 atom stereocenters. The number of ketones is 1. The van der Waals surface area contributed by atoms with Gasteiger partial charge in [0, 0.05) is 30.6 Å². The van der Waals surface area contributed by atoms with Crippen molar-refractivity contribution in [1.29, 1.82) is 0 Å². The average Bonchev–Trinajstić information content (AvgIpc) is 2.90. The van der Waals surface area contributed by atoms with Crippen molar-refractivity contribution in [2.24, 2.45) is 0 Å². The van der Waals surface area contributed by atoms with E-state index in [4.69, 9.17) is 17.0 Å². The smallest absolute Gasteiger partial charge is 0.193 e. The van der Waals surface area contributed by atoms with E-state index in [1.165, 1.54) is 19.3 Å². The third-order valence-corrected chi connectivity index (χ3v) is 6.51. The minimum absolute atomic E-state index is 0.0100. The van der Waals surface area contributed by atoms with E-state index in [9.17, 15) is 4.79 Å². The van der Waals surface area contributed by atoms with Crippen LogP contribution in [0.3, 0.4) is 0 Å². The molecule has 0 aromatic heterocycles. The Balaban J connectivity index is 1.84. The molecule has 0 saturated carbocycles. The molecule has 0 spiro atoms. The van der Waals surface area contributed by atoms with Crippen molar-refractivity contribution in [3.05, 3.63) is 102 Å². The molecule has 4 heteroatoms. The van der Waals surface area contributed by atoms with E-state index in [0.717, 1.165) is 40.5 Å². The molecule has 0 unspecified atom stereocenters. The number of piperidine rings is 1. The molecule has 0 bridgehead atoms. The van der Waals surface area contributed by atoms with Crippen LogP contribution in [0.15, 0.2) is 84.9 Å². The molecule has 0 aliphatic carbocycles. The van der Waals surface area contributed by atoms with Gasteiger partial charge in [-0.05, 0) is 60.2 Å². The molecular weight excluding hydrogens is 426 g/mol. The lowest BCUT2D eigenvalue weighted by Gasteiger charge is -2.30. The van der Waals surface area contributed by atoms with Gasteiger partial charge in [-0.25, -0.2) is 0 Å². The lowest BCUT2D eigenvalue weighted by Crippen LogP contribution is -2.34. The van der Waals surface area contributed by atoms with Gasteiger partial charge in [0.1, 0.15) is 5.75 Å². The number of Topliss-reactive ketones (excluding diaryl/α,β-unsaturated/α-hetero) is 1. The van der Waals surface area contributed by atoms with Crippen LogP contribution in [0.2, 0.25) is 0 Å². The molecule has 3 aromatic rings. The first kappa shape index (κ1) is 22.9. The highest BCUT2D eigenvalue weighted by Crippen LogP contribution is 2.33. The Morgan fingerprint density at radius 1 is 0.788 bits per heavy atom. The second-order valence-electron chi connectivity index (χ2n) is 8.26. The summed E-state index contributed by atoms with van der Waals surface area (Å²) in [5.41, 5.74) is 4.23. The number of allylic oxidation sites excluding steroid dienone is 1. The van der Waals surface area contributed by atoms with E-state index in [1.807, 2.05) is 72.8 Å². The number of nitrogens with zero attached hydrogens (tertiary/aromatic N) is 1. The number of benzene rings is 3. The van der Waals surface area contributed by atoms with Gasteiger partial charge in [0.25, 0.3) is 0 Å². The molecule has 0 radical (unpaired) electrons. The van der Waals surface area contributed by atoms with Crippen molar-refractivity contribution >= 4 is 34.1 Å². The topological polar surface area (TPSA) is 29.5 Å². The van der Waals surface area contributed by atoms with Crippen LogP contribution in [0.4, 0.5) is 0 Å². The maximum atomic E-state index is 14.0. The highest BCUT2D eigenvalue weighted by molar-refractivity contribution is 7.80. The highest BCUT2D eigenvalue weighted by atomic mass is 32.1. The molecule has 3 nitrogen and oxygen atoms in total. The third kappa shape index (κ3) is 5.58. The summed E-state index contributed by atoms with van der Waals surface area (Å²) in [6.45, 7) is 1.99. The van der Waals surface area contributed by atoms with Crippen molar-refractivity contribution in [2.75, 3.05) is 20.2 Å². The van der Waals surface area contributed by atoms with E-state index in [0.29, 0.717) is 17.6 Å². The number of ether oxygens (including phenoxy) is 1. The first-order chi connectivity index (χ1) is 16.2. The summed E-state index contributed by atoms with van der Waals surface area (Å²) in [6.07, 6.45) is 4.15. The Bertz CT molecular complexity index is 1120. The number of carbonyl (C=O) groups is 1. The van der Waals surface area contributed by atoms with Gasteiger partial charge in [0.2, 0.25) is 0 Å². The first-order valence-electron chi connectivity index (χ1n) is 11.5. The fraction of sp³-hybridized carbons (Fsp3) is 0.241. The second kappa shape index (κ2) is 11.1. The van der Waals surface area contributed by atoms with Crippen LogP contribution < -0.4 is 4.74 Å². The number of hydrogen-bond donors (Lipinski definition) is 0. The third-order valence-electron chi connectivity index (χ3n) is 6.10. The van der Waals surface area contributed by atoms with E-state index in [2.05, 4.69) is 17.0 Å². The Labute approximate surface area is 201 Å². The molecule has 1 saturated heterocycles. The van der Waals surface area contributed by atoms with Crippen molar-refractivity contribution in [3.63, 3.8) is 0 Å². The molecule has 1 aliphatic heterocycles. The largest absolute Gasteiger partial charge is 0.497 e. The predicted molar refractivity (Wildman–Crippen MR) is 140 cm³/mol. The summed E-state index contributed by atoms with van der Waals surface area (Å²) in [7, 11) is 1.63. The minimum Gasteiger partial charge on any atom is -0.497 e. The lowest BCUT2D eigenvalue weighted by molar-refractivity contribution is 0.105. The van der Waals surface area contributed by atoms with Gasteiger partial charge < -0.3 is 9.64 Å². The zero-order valence-electron chi connectivity index (χ0n) is 19.0. The average molecular weight is 456 g/mol. The highest BCUT2D eigenvalue weighted by Gasteiger charge is 2.23. The Hall–Kier alpha value is -3.24. The zero-order valence-corrected chi connectivity index (χ0v) is 19.8. The van der Waals surface area contributed by atoms with Crippen LogP contribution in [-0.2, 0) is 0 Å². The number of hydrogen-bond acceptors (Lipinski definition) is 3. The van der Waals surface area contributed by atoms with Crippen molar-refractivity contribution in [2.45, 2.75) is 25.7 Å². The van der Waals surface area contributed by atoms with E-state index >= 15 is 0 Å². The minimum atomic E-state index is -0.0100. The maximum Gasteiger partial charge on any atom is 0.193 e. The number of methoxy groups -OCH3 is 1. The van der Waals surface area contributed by atoms with Crippen LogP contribution in [0.1, 0.15) is 47.2 Å². The molecule has 3 aromatic carbocycles. The van der Waals surface area contributed by atoms with Gasteiger partial charge in [0.15, 0.2) is 5.78 Å². The lowest BCUT2D eigenvalue weighted by atomic mass is 9.87. The quantitative estimate of drug-likeness (QED) is 0.172. The van der Waals surface area contributed by atoms with Crippen LogP contribution in [0.5, 0.6) is 5.75 Å². The van der Waals surface area contributed by atoms with Gasteiger partial charge in [-0.3, -0.25) is 4.79 Å². The summed E-state index contributed by atoms with van der Waals surface area (Å²) in [6, 6.07) is 27.4. The predicted octanol–water partition coefficient (Wildman–Crippen LogP) is 6.69. The van der Waals surface area contributed by atoms with Gasteiger partial charge >= 0.3 is 0 Å². The van der Waals surface area contributed by atoms with Crippen molar-refractivity contribution in [3.8, 4) is 5.75 Å². The summed E-state index contributed by atoms with van der Waals surface area (Å²) < 4.78 is 5.28. The normalized spacial score (nSPS) is 14.4. The molecule has 33 heavy (non-hydrogen) atoms. The van der Waals surface area contributed by atoms with Crippen molar-refractivity contribution < 1.29 is 9.53 Å². The molecule has 1 heterocycles. The standard InChI is InChI=1S/C29H29NO2S/c1-32-25-17-15-24(16-18-25)29(31)28(23-13-7-3-8-14-23)26(22-11-5-2-6-12-22)21-27(33)30-19-9-4-10-20-30/h2-3,5-8,11-18H,4,9-10,19-21H2,1H3/b28-26+. The monoisotopic (exact) mass is 455 g/mol. The fourth-order valence-electron chi connectivity index (χ4n) is 4.31. The Morgan fingerprint density at radius 3 is 1.94 bits per heavy atom. The molecule has 1 aliphatic rings. The number of rotatable bonds is 7. The van der Waals surface area contributed by atoms with Gasteiger partial charge in [-0.1, -0.05) is 72.9 Å². The number of likely N-dealkylation sites (tertiary alicyclic amines) is 1. The van der Waals surface area contributed by atoms with E-state index in [-0.39, 0.29) is 5.78 Å². The summed E-state index contributed by atoms with van der Waals surface area (Å²) >= 11 is 5.92. The maximum absolute atomic E-state index is 14.0. The van der Waals surface area contributed by atoms with Crippen LogP contribution in [0, 0.1) is 0 Å². The van der Waals surface area contributed by atoms with Crippen LogP contribution in [-0.4, -0.2) is 35.9 Å². The van der Waals surface area contributed by atoms with Gasteiger partial charge in [0.05, 0.1) is 12.1 Å². The SMILES string of the molecule is COc1ccc(C(=O)/C(=C(\CC(=S)N2CCCCC2)c2ccccc2)c2ccccc2)cc1. The molecule has 0 amide bonds. The fourth-order valence-corrected chi connectivity index (χ4v) is 4.64. The molecule has 1 fully saturated rings. The summed E-state index contributed by atoms with van der Waals surface area (Å²) in [5.74, 6) is 0.718. The van der Waals surface area contributed by atoms with Crippen LogP contribution >= 0.6 is 12.2 Å². The molecular formula is C29H29NO2S. The zero-order chi connectivity index (χ0) is 23.0. The number of carbonyl (C=O) groups excluding carboxylic acids is 1.